The molecule has 0 radical (unpaired) electrons. The van der Waals surface area contributed by atoms with Crippen LogP contribution in [0.4, 0.5) is 5.69 Å². The van der Waals surface area contributed by atoms with Crippen molar-refractivity contribution in [2.24, 2.45) is 0 Å². The van der Waals surface area contributed by atoms with Gasteiger partial charge in [-0.05, 0) is 99.6 Å². The lowest BCUT2D eigenvalue weighted by Gasteiger charge is -2.16. The van der Waals surface area contributed by atoms with Crippen molar-refractivity contribution in [1.29, 1.82) is 0 Å². The number of benzene rings is 3. The Hall–Kier alpha value is -4.13. The molecule has 1 aliphatic carbocycles. The molecule has 50 heavy (non-hydrogen) atoms. The summed E-state index contributed by atoms with van der Waals surface area (Å²) in [4.78, 5) is 45.4. The van der Waals surface area contributed by atoms with E-state index in [4.69, 9.17) is 21.2 Å². The molecule has 1 unspecified atom stereocenters. The number of amides is 1. The number of carbonyl (C=O) groups excluding carboxylic acids is 2. The number of nitrogens with one attached hydrogen (secondary N) is 3. The predicted molar refractivity (Wildman–Crippen MR) is 197 cm³/mol. The number of aromatic hydroxyl groups is 1. The highest BCUT2D eigenvalue weighted by molar-refractivity contribution is 7.80. The van der Waals surface area contributed by atoms with Gasteiger partial charge in [0.05, 0.1) is 13.2 Å². The minimum Gasteiger partial charge on any atom is -0.508 e. The zero-order valence-electron chi connectivity index (χ0n) is 28.1. The smallest absolute Gasteiger partial charge is 0.472 e. The van der Waals surface area contributed by atoms with E-state index in [1.807, 2.05) is 24.3 Å². The van der Waals surface area contributed by atoms with E-state index in [0.29, 0.717) is 61.6 Å². The third-order valence-corrected chi connectivity index (χ3v) is 9.17. The van der Waals surface area contributed by atoms with Gasteiger partial charge >= 0.3 is 7.82 Å². The molecule has 268 valence electrons. The third-order valence-electron chi connectivity index (χ3n) is 7.83. The number of phenols is 1. The van der Waals surface area contributed by atoms with Crippen LogP contribution in [0.2, 0.25) is 0 Å². The molecule has 4 rings (SSSR count). The second-order valence-corrected chi connectivity index (χ2v) is 13.6. The first-order valence-electron chi connectivity index (χ1n) is 16.8. The van der Waals surface area contributed by atoms with Crippen LogP contribution in [0.5, 0.6) is 5.75 Å². The van der Waals surface area contributed by atoms with Crippen LogP contribution in [0.3, 0.4) is 0 Å². The highest BCUT2D eigenvalue weighted by Crippen LogP contribution is 2.43. The maximum atomic E-state index is 12.1. The highest BCUT2D eigenvalue weighted by atomic mass is 32.1. The lowest BCUT2D eigenvalue weighted by atomic mass is 9.93. The number of Topliss-reactive ketones (excluding diaryl/α,β-unsaturated/α-hetero) is 1. The summed E-state index contributed by atoms with van der Waals surface area (Å²) in [7, 11) is -4.02. The Labute approximate surface area is 296 Å². The summed E-state index contributed by atoms with van der Waals surface area (Å²) < 4.78 is 26.7. The summed E-state index contributed by atoms with van der Waals surface area (Å²) in [5, 5.41) is 20.6. The van der Waals surface area contributed by atoms with Gasteiger partial charge in [-0.25, -0.2) is 4.57 Å². The Bertz CT molecular complexity index is 1830. The van der Waals surface area contributed by atoms with Crippen molar-refractivity contribution in [3.8, 4) is 28.2 Å². The maximum absolute atomic E-state index is 12.1. The van der Waals surface area contributed by atoms with E-state index in [0.717, 1.165) is 47.0 Å². The van der Waals surface area contributed by atoms with Gasteiger partial charge in [0.25, 0.3) is 0 Å². The van der Waals surface area contributed by atoms with Crippen LogP contribution < -0.4 is 21.4 Å². The van der Waals surface area contributed by atoms with Crippen molar-refractivity contribution in [2.45, 2.75) is 64.7 Å². The van der Waals surface area contributed by atoms with Crippen molar-refractivity contribution < 1.29 is 37.6 Å². The highest BCUT2D eigenvalue weighted by Gasteiger charge is 2.20. The monoisotopic (exact) mass is 725 g/mol. The average Bonchev–Trinajstić information content (AvgIpc) is 3.07. The molecule has 5 N–H and O–H groups in total. The normalized spacial score (nSPS) is 12.4. The zero-order valence-corrected chi connectivity index (χ0v) is 29.8. The van der Waals surface area contributed by atoms with E-state index in [2.05, 4.69) is 20.5 Å². The molecule has 0 fully saturated rings. The number of phenolic OH excluding ortho intramolecular Hbond substituents is 1. The van der Waals surface area contributed by atoms with Crippen molar-refractivity contribution in [3.05, 3.63) is 70.9 Å². The number of thiocarbonyl (C=S) groups is 1. The van der Waals surface area contributed by atoms with Gasteiger partial charge in [0.2, 0.25) is 5.91 Å². The van der Waals surface area contributed by atoms with Crippen LogP contribution in [0.1, 0.15) is 64.7 Å². The van der Waals surface area contributed by atoms with E-state index < -0.39 is 7.82 Å². The van der Waals surface area contributed by atoms with Crippen LogP contribution >= 0.6 is 20.0 Å². The number of unbranched alkanes of at least 4 members (excludes halogenated alkanes) is 3. The zero-order chi connectivity index (χ0) is 35.9. The SMILES string of the molecule is CCOP(=O)(O)OCCCC(=O)CCCCC(=O)NCCCCCNC(=S)Nc1ccc(-c2c3ccc(=O)cc-3oc3cc(O)ccc23)cc1. The Balaban J connectivity index is 1.08. The fourth-order valence-electron chi connectivity index (χ4n) is 5.39. The first-order valence-corrected chi connectivity index (χ1v) is 18.7. The summed E-state index contributed by atoms with van der Waals surface area (Å²) >= 11 is 5.47. The number of carbonyl (C=O) groups is 2. The van der Waals surface area contributed by atoms with Crippen molar-refractivity contribution in [1.82, 2.24) is 10.6 Å². The lowest BCUT2D eigenvalue weighted by molar-refractivity contribution is -0.122. The minimum absolute atomic E-state index is 0.0262. The van der Waals surface area contributed by atoms with Crippen molar-refractivity contribution >= 4 is 53.5 Å². The van der Waals surface area contributed by atoms with Gasteiger partial charge in [0.15, 0.2) is 10.5 Å². The second kappa shape index (κ2) is 19.3. The van der Waals surface area contributed by atoms with Crippen LogP contribution in [-0.4, -0.2) is 53.1 Å². The summed E-state index contributed by atoms with van der Waals surface area (Å²) in [6, 6.07) is 17.4. The van der Waals surface area contributed by atoms with Crippen LogP contribution in [0.25, 0.3) is 33.4 Å². The molecule has 2 aromatic carbocycles. The lowest BCUT2D eigenvalue weighted by Crippen LogP contribution is -2.29. The molecule has 1 atom stereocenters. The largest absolute Gasteiger partial charge is 0.508 e. The number of hydrogen-bond acceptors (Lipinski definition) is 9. The molecule has 14 heteroatoms. The maximum Gasteiger partial charge on any atom is 0.472 e. The van der Waals surface area contributed by atoms with E-state index in [9.17, 15) is 28.9 Å². The number of rotatable bonds is 20. The van der Waals surface area contributed by atoms with E-state index >= 15 is 0 Å². The molecular weight excluding hydrogens is 681 g/mol. The van der Waals surface area contributed by atoms with Gasteiger partial charge in [0, 0.05) is 66.7 Å². The minimum atomic E-state index is -4.02. The number of anilines is 1. The van der Waals surface area contributed by atoms with Crippen LogP contribution in [-0.2, 0) is 23.2 Å². The number of phosphoric ester groups is 1. The quantitative estimate of drug-likeness (QED) is 0.0276. The molecule has 1 heterocycles. The molecule has 2 aliphatic rings. The van der Waals surface area contributed by atoms with E-state index in [-0.39, 0.29) is 42.5 Å². The Morgan fingerprint density at radius 1 is 0.860 bits per heavy atom. The Morgan fingerprint density at radius 2 is 1.58 bits per heavy atom. The molecule has 0 saturated heterocycles. The molecule has 0 spiro atoms. The number of ketones is 1. The third kappa shape index (κ3) is 12.3. The van der Waals surface area contributed by atoms with Crippen LogP contribution in [0.15, 0.2) is 69.9 Å². The summed E-state index contributed by atoms with van der Waals surface area (Å²) in [5.41, 5.74) is 3.75. The predicted octanol–water partition coefficient (Wildman–Crippen LogP) is 6.91. The second-order valence-electron chi connectivity index (χ2n) is 11.8. The molecule has 0 saturated carbocycles. The van der Waals surface area contributed by atoms with Gasteiger partial charge in [-0.1, -0.05) is 12.1 Å². The molecule has 0 aromatic heterocycles. The number of hydrogen-bond donors (Lipinski definition) is 5. The first-order chi connectivity index (χ1) is 24.0. The van der Waals surface area contributed by atoms with Crippen molar-refractivity contribution in [2.75, 3.05) is 31.6 Å². The molecule has 2 aromatic rings. The number of phosphoric acid groups is 1. The number of fused-ring (bicyclic) bond motifs is 2. The van der Waals surface area contributed by atoms with Crippen LogP contribution in [0, 0.1) is 0 Å². The van der Waals surface area contributed by atoms with E-state index in [1.54, 1.807) is 25.1 Å². The van der Waals surface area contributed by atoms with Crippen molar-refractivity contribution in [3.63, 3.8) is 0 Å². The van der Waals surface area contributed by atoms with Gasteiger partial charge < -0.3 is 30.4 Å². The van der Waals surface area contributed by atoms with E-state index in [1.165, 1.54) is 18.2 Å². The Kier molecular flexibility index (Phi) is 14.9. The summed E-state index contributed by atoms with van der Waals surface area (Å²) in [5.74, 6) is 0.522. The average molecular weight is 726 g/mol. The molecule has 1 amide bonds. The summed E-state index contributed by atoms with van der Waals surface area (Å²) in [6.45, 7) is 2.90. The topological polar surface area (TPSA) is 176 Å². The molecule has 12 nitrogen and oxygen atoms in total. The van der Waals surface area contributed by atoms with Gasteiger partial charge in [-0.3, -0.25) is 23.4 Å². The standard InChI is InChI=1S/C36H44N3O9PS/c1-2-46-49(44,45)47-22-8-10-27(40)9-4-5-11-34(43)37-20-6-3-7-21-38-36(50)39-26-14-12-25(13-15-26)35-30-18-16-28(41)23-32(30)48-33-24-29(42)17-19-31(33)35/h12-19,23-24,41H,2-11,20-22H2,1H3,(H,37,43)(H,44,45)(H2,38,39,50). The molecular formula is C36H44N3O9PS. The summed E-state index contributed by atoms with van der Waals surface area (Å²) in [6.07, 6.45) is 5.18. The first kappa shape index (κ1) is 38.7. The molecule has 0 bridgehead atoms. The van der Waals surface area contributed by atoms with Gasteiger partial charge in [-0.15, -0.1) is 0 Å². The Morgan fingerprint density at radius 3 is 2.34 bits per heavy atom. The molecule has 1 aliphatic heterocycles. The van der Waals surface area contributed by atoms with Gasteiger partial charge in [-0.2, -0.15) is 0 Å². The van der Waals surface area contributed by atoms with Gasteiger partial charge in [0.1, 0.15) is 22.9 Å². The fraction of sp³-hybridized carbons (Fsp3) is 0.389. The fourth-order valence-corrected chi connectivity index (χ4v) is 6.37.